The minimum atomic E-state index is -1.08. The summed E-state index contributed by atoms with van der Waals surface area (Å²) >= 11 is 0. The molecular weight excluding hydrogens is 452 g/mol. The van der Waals surface area contributed by atoms with Crippen molar-refractivity contribution in [3.8, 4) is 0 Å². The third kappa shape index (κ3) is 5.98. The van der Waals surface area contributed by atoms with Crippen LogP contribution in [0.2, 0.25) is 0 Å². The van der Waals surface area contributed by atoms with E-state index in [9.17, 15) is 24.0 Å². The Morgan fingerprint density at radius 3 is 2.31 bits per heavy atom. The monoisotopic (exact) mass is 486 g/mol. The van der Waals surface area contributed by atoms with E-state index < -0.39 is 30.0 Å². The van der Waals surface area contributed by atoms with Gasteiger partial charge in [0.05, 0.1) is 19.0 Å². The van der Waals surface area contributed by atoms with E-state index in [1.54, 1.807) is 12.1 Å². The van der Waals surface area contributed by atoms with Crippen LogP contribution < -0.4 is 10.2 Å². The third-order valence-corrected chi connectivity index (χ3v) is 6.53. The van der Waals surface area contributed by atoms with Crippen LogP contribution in [0, 0.1) is 5.92 Å². The lowest BCUT2D eigenvalue weighted by Crippen LogP contribution is -2.53. The largest absolute Gasteiger partial charge is 0.481 e. The highest BCUT2D eigenvalue weighted by molar-refractivity contribution is 6.01. The standard InChI is InChI=1S/C25H34N4O6/c1-15(2)13-18(26-24(34)16-5-7-17(8-6-16)27(3)4)25(35)28-12-11-19-23(28)20(30)14-29(19)21(31)9-10-22(32)33/h5-8,15,18-19,23H,9-14H2,1-4H3,(H,26,34)(H,32,33). The molecule has 0 saturated carbocycles. The molecule has 3 unspecified atom stereocenters. The van der Waals surface area contributed by atoms with Gasteiger partial charge in [0.15, 0.2) is 5.78 Å². The van der Waals surface area contributed by atoms with E-state index in [0.29, 0.717) is 24.9 Å². The van der Waals surface area contributed by atoms with Gasteiger partial charge in [-0.1, -0.05) is 13.8 Å². The number of rotatable bonds is 9. The summed E-state index contributed by atoms with van der Waals surface area (Å²) in [5.74, 6) is -2.29. The maximum absolute atomic E-state index is 13.5. The minimum absolute atomic E-state index is 0.118. The number of carbonyl (C=O) groups is 5. The average molecular weight is 487 g/mol. The van der Waals surface area contributed by atoms with Crippen molar-refractivity contribution in [1.29, 1.82) is 0 Å². The molecule has 0 bridgehead atoms. The molecule has 35 heavy (non-hydrogen) atoms. The van der Waals surface area contributed by atoms with Crippen LogP contribution in [0.5, 0.6) is 0 Å². The second kappa shape index (κ2) is 10.9. The van der Waals surface area contributed by atoms with E-state index in [4.69, 9.17) is 5.11 Å². The molecule has 3 atom stereocenters. The Morgan fingerprint density at radius 1 is 1.09 bits per heavy atom. The van der Waals surface area contributed by atoms with E-state index >= 15 is 0 Å². The van der Waals surface area contributed by atoms with Gasteiger partial charge in [-0.15, -0.1) is 0 Å². The van der Waals surface area contributed by atoms with Gasteiger partial charge in [-0.25, -0.2) is 0 Å². The molecule has 1 aromatic rings. The quantitative estimate of drug-likeness (QED) is 0.536. The van der Waals surface area contributed by atoms with Crippen molar-refractivity contribution < 1.29 is 29.1 Å². The van der Waals surface area contributed by atoms with Crippen LogP contribution in [0.25, 0.3) is 0 Å². The van der Waals surface area contributed by atoms with Gasteiger partial charge >= 0.3 is 5.97 Å². The molecule has 2 fully saturated rings. The van der Waals surface area contributed by atoms with Crippen LogP contribution in [0.4, 0.5) is 5.69 Å². The molecule has 2 saturated heterocycles. The number of carbonyl (C=O) groups excluding carboxylic acids is 4. The summed E-state index contributed by atoms with van der Waals surface area (Å²) in [6.07, 6.45) is 0.360. The Balaban J connectivity index is 1.73. The molecule has 0 spiro atoms. The van der Waals surface area contributed by atoms with Gasteiger partial charge in [0.2, 0.25) is 11.8 Å². The molecule has 190 valence electrons. The average Bonchev–Trinajstić information content (AvgIpc) is 3.37. The molecule has 0 aliphatic carbocycles. The number of hydrogen-bond donors (Lipinski definition) is 2. The van der Waals surface area contributed by atoms with Crippen LogP contribution in [-0.4, -0.2) is 89.7 Å². The summed E-state index contributed by atoms with van der Waals surface area (Å²) in [7, 11) is 3.81. The molecule has 2 N–H and O–H groups in total. The van der Waals surface area contributed by atoms with Gasteiger partial charge in [-0.3, -0.25) is 24.0 Å². The van der Waals surface area contributed by atoms with Crippen LogP contribution in [0.3, 0.4) is 0 Å². The smallest absolute Gasteiger partial charge is 0.303 e. The molecule has 0 aromatic heterocycles. The summed E-state index contributed by atoms with van der Waals surface area (Å²) in [6.45, 7) is 4.07. The van der Waals surface area contributed by atoms with Gasteiger partial charge in [0.1, 0.15) is 12.1 Å². The Hall–Kier alpha value is -3.43. The molecule has 10 nitrogen and oxygen atoms in total. The highest BCUT2D eigenvalue weighted by atomic mass is 16.4. The Kier molecular flexibility index (Phi) is 8.14. The molecule has 10 heteroatoms. The van der Waals surface area contributed by atoms with E-state index in [-0.39, 0.29) is 42.9 Å². The van der Waals surface area contributed by atoms with Crippen LogP contribution in [0.1, 0.15) is 49.9 Å². The first kappa shape index (κ1) is 26.2. The molecule has 2 heterocycles. The Bertz CT molecular complexity index is 990. The number of anilines is 1. The van der Waals surface area contributed by atoms with E-state index in [2.05, 4.69) is 5.32 Å². The van der Waals surface area contributed by atoms with E-state index in [1.165, 1.54) is 9.80 Å². The van der Waals surface area contributed by atoms with Gasteiger partial charge < -0.3 is 25.1 Å². The maximum Gasteiger partial charge on any atom is 0.303 e. The van der Waals surface area contributed by atoms with Crippen molar-refractivity contribution in [2.24, 2.45) is 5.92 Å². The number of carboxylic acids is 1. The van der Waals surface area contributed by atoms with E-state index in [1.807, 2.05) is 45.0 Å². The fraction of sp³-hybridized carbons (Fsp3) is 0.560. The molecular formula is C25H34N4O6. The first-order valence-corrected chi connectivity index (χ1v) is 11.9. The van der Waals surface area contributed by atoms with Gasteiger partial charge in [0.25, 0.3) is 5.91 Å². The highest BCUT2D eigenvalue weighted by Crippen LogP contribution is 2.31. The predicted molar refractivity (Wildman–Crippen MR) is 129 cm³/mol. The Labute approximate surface area is 205 Å². The number of ketones is 1. The summed E-state index contributed by atoms with van der Waals surface area (Å²) in [6, 6.07) is 5.03. The van der Waals surface area contributed by atoms with E-state index in [0.717, 1.165) is 5.69 Å². The van der Waals surface area contributed by atoms with Crippen molar-refractivity contribution in [2.45, 2.75) is 57.7 Å². The highest BCUT2D eigenvalue weighted by Gasteiger charge is 2.52. The SMILES string of the molecule is CC(C)CC(NC(=O)c1ccc(N(C)C)cc1)C(=O)N1CCC2C1C(=O)CN2C(=O)CCC(=O)O. The van der Waals surface area contributed by atoms with Gasteiger partial charge in [-0.2, -0.15) is 0 Å². The lowest BCUT2D eigenvalue weighted by atomic mass is 10.0. The Morgan fingerprint density at radius 2 is 1.74 bits per heavy atom. The molecule has 0 radical (unpaired) electrons. The van der Waals surface area contributed by atoms with Crippen molar-refractivity contribution in [2.75, 3.05) is 32.1 Å². The first-order chi connectivity index (χ1) is 16.5. The number of hydrogen-bond acceptors (Lipinski definition) is 6. The molecule has 1 aromatic carbocycles. The predicted octanol–water partition coefficient (Wildman–Crippen LogP) is 1.14. The second-order valence-corrected chi connectivity index (χ2v) is 9.81. The molecule has 3 rings (SSSR count). The number of nitrogens with one attached hydrogen (secondary N) is 1. The summed E-state index contributed by atoms with van der Waals surface area (Å²) < 4.78 is 0. The summed E-state index contributed by atoms with van der Waals surface area (Å²) in [5.41, 5.74) is 1.38. The number of carboxylic acid groups (broad SMARTS) is 1. The van der Waals surface area contributed by atoms with Gasteiger partial charge in [-0.05, 0) is 43.0 Å². The number of nitrogens with zero attached hydrogens (tertiary/aromatic N) is 3. The lowest BCUT2D eigenvalue weighted by molar-refractivity contribution is -0.141. The maximum atomic E-state index is 13.5. The fourth-order valence-electron chi connectivity index (χ4n) is 4.79. The van der Waals surface area contributed by atoms with Crippen LogP contribution in [-0.2, 0) is 19.2 Å². The second-order valence-electron chi connectivity index (χ2n) is 9.81. The number of benzene rings is 1. The number of aliphatic carboxylic acids is 1. The number of Topliss-reactive ketones (excluding diaryl/α,β-unsaturated/α-hetero) is 1. The topological polar surface area (TPSA) is 127 Å². The normalized spacial score (nSPS) is 20.1. The molecule has 2 aliphatic heterocycles. The summed E-state index contributed by atoms with van der Waals surface area (Å²) in [4.78, 5) is 67.4. The minimum Gasteiger partial charge on any atom is -0.481 e. The third-order valence-electron chi connectivity index (χ3n) is 6.53. The zero-order valence-corrected chi connectivity index (χ0v) is 20.7. The zero-order chi connectivity index (χ0) is 25.9. The zero-order valence-electron chi connectivity index (χ0n) is 20.7. The number of fused-ring (bicyclic) bond motifs is 1. The molecule has 2 aliphatic rings. The van der Waals surface area contributed by atoms with Crippen molar-refractivity contribution >= 4 is 35.2 Å². The fourth-order valence-corrected chi connectivity index (χ4v) is 4.79. The first-order valence-electron chi connectivity index (χ1n) is 11.9. The molecule has 3 amide bonds. The van der Waals surface area contributed by atoms with Crippen molar-refractivity contribution in [3.63, 3.8) is 0 Å². The van der Waals surface area contributed by atoms with Crippen molar-refractivity contribution in [1.82, 2.24) is 15.1 Å². The van der Waals surface area contributed by atoms with Crippen molar-refractivity contribution in [3.05, 3.63) is 29.8 Å². The lowest BCUT2D eigenvalue weighted by Gasteiger charge is -2.29. The number of amides is 3. The van der Waals surface area contributed by atoms with Gasteiger partial charge in [0, 0.05) is 38.3 Å². The van der Waals surface area contributed by atoms with Crippen LogP contribution >= 0.6 is 0 Å². The number of likely N-dealkylation sites (tertiary alicyclic amines) is 2. The summed E-state index contributed by atoms with van der Waals surface area (Å²) in [5, 5.41) is 11.7. The van der Waals surface area contributed by atoms with Crippen LogP contribution in [0.15, 0.2) is 24.3 Å².